The van der Waals surface area contributed by atoms with Crippen LogP contribution >= 0.6 is 0 Å². The summed E-state index contributed by atoms with van der Waals surface area (Å²) in [5.74, 6) is 1.73. The lowest BCUT2D eigenvalue weighted by Crippen LogP contribution is -2.33. The number of rotatable bonds is 6. The Labute approximate surface area is 196 Å². The summed E-state index contributed by atoms with van der Waals surface area (Å²) in [5.41, 5.74) is 5.07. The largest absolute Gasteiger partial charge is 0.457 e. The van der Waals surface area contributed by atoms with Crippen LogP contribution in [0.2, 0.25) is 0 Å². The third-order valence-electron chi connectivity index (χ3n) is 6.23. The molecule has 166 valence electrons. The average molecular weight is 435 g/mol. The van der Waals surface area contributed by atoms with Crippen LogP contribution in [0.15, 0.2) is 109 Å². The normalized spacial score (nSPS) is 15.5. The second-order valence-corrected chi connectivity index (χ2v) is 8.52. The molecule has 4 aromatic carbocycles. The van der Waals surface area contributed by atoms with E-state index in [1.807, 2.05) is 36.4 Å². The van der Waals surface area contributed by atoms with Gasteiger partial charge in [0.25, 0.3) is 0 Å². The Hall–Kier alpha value is -3.40. The van der Waals surface area contributed by atoms with Gasteiger partial charge in [0.15, 0.2) is 0 Å². The Morgan fingerprint density at radius 1 is 0.606 bits per heavy atom. The first-order valence-electron chi connectivity index (χ1n) is 11.8. The monoisotopic (exact) mass is 434 g/mol. The second kappa shape index (κ2) is 10.5. The standard InChI is InChI=1S/C30H30N2O/c1-3-9-24(10-4-1)25-15-17-26(18-16-25)30(32-21-8-19-31-20-22-32)27-11-7-14-29(23-27)33-28-12-5-2-6-13-28/h1-7,9-18,23,30-31H,8,19-22H2. The van der Waals surface area contributed by atoms with Gasteiger partial charge in [0.2, 0.25) is 0 Å². The molecule has 1 N–H and O–H groups in total. The van der Waals surface area contributed by atoms with E-state index in [2.05, 4.69) is 83.0 Å². The van der Waals surface area contributed by atoms with Crippen LogP contribution in [-0.4, -0.2) is 31.1 Å². The van der Waals surface area contributed by atoms with Gasteiger partial charge in [0, 0.05) is 19.6 Å². The van der Waals surface area contributed by atoms with Crippen molar-refractivity contribution in [3.63, 3.8) is 0 Å². The highest BCUT2D eigenvalue weighted by atomic mass is 16.5. The number of ether oxygens (including phenoxy) is 1. The molecule has 1 aliphatic heterocycles. The molecule has 1 fully saturated rings. The molecule has 0 aromatic heterocycles. The zero-order chi connectivity index (χ0) is 22.3. The van der Waals surface area contributed by atoms with E-state index >= 15 is 0 Å². The summed E-state index contributed by atoms with van der Waals surface area (Å²) in [4.78, 5) is 2.60. The van der Waals surface area contributed by atoms with E-state index in [4.69, 9.17) is 4.74 Å². The molecule has 1 heterocycles. The van der Waals surface area contributed by atoms with Crippen molar-refractivity contribution in [1.29, 1.82) is 0 Å². The SMILES string of the molecule is c1ccc(Oc2cccc(C(c3ccc(-c4ccccc4)cc3)N3CCCNCC3)c2)cc1. The summed E-state index contributed by atoms with van der Waals surface area (Å²) in [5, 5.41) is 3.54. The molecule has 3 heteroatoms. The Kier molecular flexibility index (Phi) is 6.81. The number of benzene rings is 4. The minimum absolute atomic E-state index is 0.189. The van der Waals surface area contributed by atoms with Crippen molar-refractivity contribution in [3.05, 3.63) is 120 Å². The van der Waals surface area contributed by atoms with Crippen molar-refractivity contribution in [2.75, 3.05) is 26.2 Å². The Morgan fingerprint density at radius 3 is 2.09 bits per heavy atom. The van der Waals surface area contributed by atoms with Crippen molar-refractivity contribution in [1.82, 2.24) is 10.2 Å². The van der Waals surface area contributed by atoms with Crippen LogP contribution in [0.25, 0.3) is 11.1 Å². The lowest BCUT2D eigenvalue weighted by atomic mass is 9.94. The molecule has 0 radical (unpaired) electrons. The number of nitrogens with zero attached hydrogens (tertiary/aromatic N) is 1. The molecule has 33 heavy (non-hydrogen) atoms. The number of hydrogen-bond acceptors (Lipinski definition) is 3. The molecule has 0 saturated carbocycles. The first kappa shape index (κ1) is 21.4. The summed E-state index contributed by atoms with van der Waals surface area (Å²) < 4.78 is 6.16. The lowest BCUT2D eigenvalue weighted by Gasteiger charge is -2.31. The van der Waals surface area contributed by atoms with Crippen LogP contribution in [0.1, 0.15) is 23.6 Å². The molecule has 3 nitrogen and oxygen atoms in total. The summed E-state index contributed by atoms with van der Waals surface area (Å²) in [6, 6.07) is 38.4. The lowest BCUT2D eigenvalue weighted by molar-refractivity contribution is 0.241. The van der Waals surface area contributed by atoms with Crippen LogP contribution in [0.5, 0.6) is 11.5 Å². The van der Waals surface area contributed by atoms with Crippen molar-refractivity contribution < 1.29 is 4.74 Å². The third kappa shape index (κ3) is 5.33. The predicted octanol–water partition coefficient (Wildman–Crippen LogP) is 6.53. The average Bonchev–Trinajstić information content (AvgIpc) is 3.16. The topological polar surface area (TPSA) is 24.5 Å². The quantitative estimate of drug-likeness (QED) is 0.373. The first-order valence-corrected chi connectivity index (χ1v) is 11.8. The fourth-order valence-electron chi connectivity index (χ4n) is 4.60. The molecular formula is C30H30N2O. The molecule has 1 aliphatic rings. The van der Waals surface area contributed by atoms with E-state index in [0.717, 1.165) is 44.1 Å². The molecular weight excluding hydrogens is 404 g/mol. The highest BCUT2D eigenvalue weighted by molar-refractivity contribution is 5.63. The molecule has 0 spiro atoms. The van der Waals surface area contributed by atoms with Crippen LogP contribution in [-0.2, 0) is 0 Å². The van der Waals surface area contributed by atoms with E-state index < -0.39 is 0 Å². The fraction of sp³-hybridized carbons (Fsp3) is 0.200. The van der Waals surface area contributed by atoms with Gasteiger partial charge in [-0.3, -0.25) is 4.90 Å². The smallest absolute Gasteiger partial charge is 0.127 e. The van der Waals surface area contributed by atoms with Gasteiger partial charge in [0.05, 0.1) is 6.04 Å². The maximum absolute atomic E-state index is 6.16. The van der Waals surface area contributed by atoms with Gasteiger partial charge in [-0.15, -0.1) is 0 Å². The first-order chi connectivity index (χ1) is 16.4. The molecule has 4 aromatic rings. The maximum atomic E-state index is 6.16. The molecule has 1 atom stereocenters. The van der Waals surface area contributed by atoms with Crippen molar-refractivity contribution in [3.8, 4) is 22.6 Å². The van der Waals surface area contributed by atoms with Crippen molar-refractivity contribution in [2.45, 2.75) is 12.5 Å². The zero-order valence-corrected chi connectivity index (χ0v) is 18.9. The van der Waals surface area contributed by atoms with Crippen LogP contribution in [0.3, 0.4) is 0 Å². The van der Waals surface area contributed by atoms with Crippen LogP contribution in [0, 0.1) is 0 Å². The minimum Gasteiger partial charge on any atom is -0.457 e. The van der Waals surface area contributed by atoms with Gasteiger partial charge in [-0.1, -0.05) is 84.9 Å². The molecule has 1 saturated heterocycles. The number of para-hydroxylation sites is 1. The minimum atomic E-state index is 0.189. The van der Waals surface area contributed by atoms with Gasteiger partial charge >= 0.3 is 0 Å². The van der Waals surface area contributed by atoms with Crippen LogP contribution < -0.4 is 10.1 Å². The van der Waals surface area contributed by atoms with E-state index in [1.54, 1.807) is 0 Å². The van der Waals surface area contributed by atoms with Crippen LogP contribution in [0.4, 0.5) is 0 Å². The second-order valence-electron chi connectivity index (χ2n) is 8.52. The Morgan fingerprint density at radius 2 is 1.30 bits per heavy atom. The van der Waals surface area contributed by atoms with Crippen molar-refractivity contribution in [2.24, 2.45) is 0 Å². The third-order valence-corrected chi connectivity index (χ3v) is 6.23. The van der Waals surface area contributed by atoms with Gasteiger partial charge in [-0.25, -0.2) is 0 Å². The molecule has 0 bridgehead atoms. The Balaban J connectivity index is 1.48. The molecule has 5 rings (SSSR count). The number of hydrogen-bond donors (Lipinski definition) is 1. The van der Waals surface area contributed by atoms with Crippen molar-refractivity contribution >= 4 is 0 Å². The predicted molar refractivity (Wildman–Crippen MR) is 136 cm³/mol. The fourth-order valence-corrected chi connectivity index (χ4v) is 4.60. The summed E-state index contributed by atoms with van der Waals surface area (Å²) in [7, 11) is 0. The van der Waals surface area contributed by atoms with E-state index in [9.17, 15) is 0 Å². The molecule has 0 aliphatic carbocycles. The maximum Gasteiger partial charge on any atom is 0.127 e. The van der Waals surface area contributed by atoms with E-state index in [0.29, 0.717) is 0 Å². The summed E-state index contributed by atoms with van der Waals surface area (Å²) in [6.07, 6.45) is 1.15. The van der Waals surface area contributed by atoms with E-state index in [-0.39, 0.29) is 6.04 Å². The molecule has 0 amide bonds. The Bertz CT molecular complexity index is 1130. The van der Waals surface area contributed by atoms with Gasteiger partial charge < -0.3 is 10.1 Å². The molecule has 1 unspecified atom stereocenters. The van der Waals surface area contributed by atoms with Gasteiger partial charge in [0.1, 0.15) is 11.5 Å². The van der Waals surface area contributed by atoms with E-state index in [1.165, 1.54) is 22.3 Å². The number of nitrogens with one attached hydrogen (secondary N) is 1. The zero-order valence-electron chi connectivity index (χ0n) is 18.9. The highest BCUT2D eigenvalue weighted by Crippen LogP contribution is 2.33. The summed E-state index contributed by atoms with van der Waals surface area (Å²) in [6.45, 7) is 4.18. The highest BCUT2D eigenvalue weighted by Gasteiger charge is 2.24. The van der Waals surface area contributed by atoms with Gasteiger partial charge in [-0.05, 0) is 59.5 Å². The summed E-state index contributed by atoms with van der Waals surface area (Å²) >= 11 is 0. The van der Waals surface area contributed by atoms with Gasteiger partial charge in [-0.2, -0.15) is 0 Å².